The summed E-state index contributed by atoms with van der Waals surface area (Å²) in [6.07, 6.45) is 0. The molecule has 0 aliphatic rings. The predicted molar refractivity (Wildman–Crippen MR) is 76.0 cm³/mol. The Kier molecular flexibility index (Phi) is 4.08. The van der Waals surface area contributed by atoms with Crippen LogP contribution in [-0.4, -0.2) is 10.9 Å². The summed E-state index contributed by atoms with van der Waals surface area (Å²) >= 11 is 12.8. The van der Waals surface area contributed by atoms with E-state index in [4.69, 9.17) is 23.2 Å². The second-order valence-electron chi connectivity index (χ2n) is 3.86. The van der Waals surface area contributed by atoms with Crippen molar-refractivity contribution in [2.45, 2.75) is 13.8 Å². The molecule has 0 aliphatic carbocycles. The zero-order chi connectivity index (χ0) is 14.2. The Hall–Kier alpha value is -1.17. The summed E-state index contributed by atoms with van der Waals surface area (Å²) in [7, 11) is 0. The first-order valence-corrected chi connectivity index (χ1v) is 6.85. The second kappa shape index (κ2) is 5.45. The molecule has 3 nitrogen and oxygen atoms in total. The number of aryl methyl sites for hydroxylation is 2. The SMILES string of the molecule is Cc1nc(NC(=O)c2cc(F)c(Cl)cc2Cl)sc1C. The molecule has 1 amide bonds. The van der Waals surface area contributed by atoms with Gasteiger partial charge in [0.05, 0.1) is 21.3 Å². The largest absolute Gasteiger partial charge is 0.298 e. The van der Waals surface area contributed by atoms with Gasteiger partial charge in [-0.2, -0.15) is 0 Å². The van der Waals surface area contributed by atoms with Crippen LogP contribution in [0.5, 0.6) is 0 Å². The summed E-state index contributed by atoms with van der Waals surface area (Å²) < 4.78 is 13.3. The number of carbonyl (C=O) groups is 1. The Labute approximate surface area is 123 Å². The van der Waals surface area contributed by atoms with Gasteiger partial charge in [0.1, 0.15) is 5.82 Å². The molecule has 0 radical (unpaired) electrons. The molecule has 19 heavy (non-hydrogen) atoms. The van der Waals surface area contributed by atoms with Crippen molar-refractivity contribution in [3.8, 4) is 0 Å². The van der Waals surface area contributed by atoms with Gasteiger partial charge >= 0.3 is 0 Å². The molecule has 1 aromatic heterocycles. The van der Waals surface area contributed by atoms with Gasteiger partial charge in [0.2, 0.25) is 0 Å². The van der Waals surface area contributed by atoms with Gasteiger partial charge in [-0.1, -0.05) is 23.2 Å². The number of benzene rings is 1. The topological polar surface area (TPSA) is 42.0 Å². The number of nitrogens with zero attached hydrogens (tertiary/aromatic N) is 1. The van der Waals surface area contributed by atoms with Crippen LogP contribution in [0.15, 0.2) is 12.1 Å². The minimum Gasteiger partial charge on any atom is -0.298 e. The molecule has 0 saturated carbocycles. The van der Waals surface area contributed by atoms with Crippen molar-refractivity contribution in [1.29, 1.82) is 0 Å². The third kappa shape index (κ3) is 3.05. The summed E-state index contributed by atoms with van der Waals surface area (Å²) in [4.78, 5) is 17.2. The number of thiazole rings is 1. The maximum Gasteiger partial charge on any atom is 0.259 e. The highest BCUT2D eigenvalue weighted by Crippen LogP contribution is 2.26. The van der Waals surface area contributed by atoms with Crippen molar-refractivity contribution in [2.75, 3.05) is 5.32 Å². The van der Waals surface area contributed by atoms with E-state index < -0.39 is 11.7 Å². The molecule has 7 heteroatoms. The minimum atomic E-state index is -0.692. The molecule has 0 unspecified atom stereocenters. The van der Waals surface area contributed by atoms with Crippen molar-refractivity contribution in [3.05, 3.63) is 44.1 Å². The molecular weight excluding hydrogens is 310 g/mol. The fourth-order valence-electron chi connectivity index (χ4n) is 1.39. The maximum atomic E-state index is 13.3. The summed E-state index contributed by atoms with van der Waals surface area (Å²) in [5, 5.41) is 3.00. The molecule has 0 aliphatic heterocycles. The first kappa shape index (κ1) is 14.2. The lowest BCUT2D eigenvalue weighted by molar-refractivity contribution is 0.102. The lowest BCUT2D eigenvalue weighted by atomic mass is 10.2. The van der Waals surface area contributed by atoms with E-state index >= 15 is 0 Å². The third-order valence-corrected chi connectivity index (χ3v) is 4.09. The Balaban J connectivity index is 2.27. The molecule has 2 aromatic rings. The highest BCUT2D eigenvalue weighted by molar-refractivity contribution is 7.15. The minimum absolute atomic E-state index is 0.0223. The first-order valence-electron chi connectivity index (χ1n) is 5.28. The van der Waals surface area contributed by atoms with E-state index in [0.29, 0.717) is 5.13 Å². The van der Waals surface area contributed by atoms with Crippen LogP contribution in [0.2, 0.25) is 10.0 Å². The molecule has 0 spiro atoms. The van der Waals surface area contributed by atoms with Gasteiger partial charge in [0, 0.05) is 4.88 Å². The van der Waals surface area contributed by atoms with E-state index in [2.05, 4.69) is 10.3 Å². The molecule has 1 heterocycles. The van der Waals surface area contributed by atoms with Crippen LogP contribution in [0.3, 0.4) is 0 Å². The predicted octanol–water partition coefficient (Wildman–Crippen LogP) is 4.46. The third-order valence-electron chi connectivity index (χ3n) is 2.50. The Morgan fingerprint density at radius 3 is 2.58 bits per heavy atom. The Morgan fingerprint density at radius 2 is 2.00 bits per heavy atom. The molecule has 0 bridgehead atoms. The lowest BCUT2D eigenvalue weighted by Gasteiger charge is -2.05. The van der Waals surface area contributed by atoms with Crippen LogP contribution < -0.4 is 5.32 Å². The number of amides is 1. The monoisotopic (exact) mass is 318 g/mol. The molecule has 2 rings (SSSR count). The first-order chi connectivity index (χ1) is 8.88. The molecule has 0 saturated heterocycles. The number of nitrogens with one attached hydrogen (secondary N) is 1. The summed E-state index contributed by atoms with van der Waals surface area (Å²) in [6.45, 7) is 3.74. The van der Waals surface area contributed by atoms with Crippen LogP contribution in [0, 0.1) is 19.7 Å². The highest BCUT2D eigenvalue weighted by Gasteiger charge is 2.16. The number of aromatic nitrogens is 1. The van der Waals surface area contributed by atoms with E-state index in [1.54, 1.807) is 0 Å². The highest BCUT2D eigenvalue weighted by atomic mass is 35.5. The number of halogens is 3. The van der Waals surface area contributed by atoms with Crippen molar-refractivity contribution >= 4 is 45.6 Å². The quantitative estimate of drug-likeness (QED) is 0.831. The zero-order valence-corrected chi connectivity index (χ0v) is 12.4. The lowest BCUT2D eigenvalue weighted by Crippen LogP contribution is -2.12. The van der Waals surface area contributed by atoms with E-state index in [-0.39, 0.29) is 15.6 Å². The normalized spacial score (nSPS) is 10.6. The number of carbonyl (C=O) groups excluding carboxylic acids is 1. The van der Waals surface area contributed by atoms with Gasteiger partial charge in [-0.25, -0.2) is 9.37 Å². The van der Waals surface area contributed by atoms with Crippen LogP contribution in [0.25, 0.3) is 0 Å². The fraction of sp³-hybridized carbons (Fsp3) is 0.167. The summed E-state index contributed by atoms with van der Waals surface area (Å²) in [6, 6.07) is 2.21. The second-order valence-corrected chi connectivity index (χ2v) is 5.88. The summed E-state index contributed by atoms with van der Waals surface area (Å²) in [5.41, 5.74) is 0.864. The summed E-state index contributed by atoms with van der Waals surface area (Å²) in [5.74, 6) is -1.21. The molecule has 0 atom stereocenters. The van der Waals surface area contributed by atoms with Gasteiger partial charge in [0.15, 0.2) is 5.13 Å². The van der Waals surface area contributed by atoms with Crippen LogP contribution in [-0.2, 0) is 0 Å². The van der Waals surface area contributed by atoms with E-state index in [0.717, 1.165) is 16.6 Å². The van der Waals surface area contributed by atoms with Crippen molar-refractivity contribution in [3.63, 3.8) is 0 Å². The van der Waals surface area contributed by atoms with Crippen molar-refractivity contribution in [2.24, 2.45) is 0 Å². The van der Waals surface area contributed by atoms with Gasteiger partial charge in [0.25, 0.3) is 5.91 Å². The van der Waals surface area contributed by atoms with Gasteiger partial charge in [-0.3, -0.25) is 10.1 Å². The average molecular weight is 319 g/mol. The van der Waals surface area contributed by atoms with Crippen molar-refractivity contribution < 1.29 is 9.18 Å². The van der Waals surface area contributed by atoms with Crippen molar-refractivity contribution in [1.82, 2.24) is 4.98 Å². The van der Waals surface area contributed by atoms with Gasteiger partial charge in [-0.05, 0) is 26.0 Å². The van der Waals surface area contributed by atoms with E-state index in [1.807, 2.05) is 13.8 Å². The zero-order valence-electron chi connectivity index (χ0n) is 10.1. The number of hydrogen-bond donors (Lipinski definition) is 1. The number of anilines is 1. The molecule has 0 fully saturated rings. The fourth-order valence-corrected chi connectivity index (χ4v) is 2.67. The Morgan fingerprint density at radius 1 is 1.32 bits per heavy atom. The van der Waals surface area contributed by atoms with Gasteiger partial charge in [-0.15, -0.1) is 11.3 Å². The number of rotatable bonds is 2. The smallest absolute Gasteiger partial charge is 0.259 e. The number of hydrogen-bond acceptors (Lipinski definition) is 3. The van der Waals surface area contributed by atoms with Crippen LogP contribution in [0.4, 0.5) is 9.52 Å². The standard InChI is InChI=1S/C12H9Cl2FN2OS/c1-5-6(2)19-12(16-5)17-11(18)7-3-10(15)9(14)4-8(7)13/h3-4H,1-2H3,(H,16,17,18). The molecular formula is C12H9Cl2FN2OS. The van der Waals surface area contributed by atoms with Crippen LogP contribution >= 0.6 is 34.5 Å². The molecule has 100 valence electrons. The van der Waals surface area contributed by atoms with E-state index in [9.17, 15) is 9.18 Å². The average Bonchev–Trinajstić information content (AvgIpc) is 2.62. The van der Waals surface area contributed by atoms with Crippen LogP contribution in [0.1, 0.15) is 20.9 Å². The maximum absolute atomic E-state index is 13.3. The molecule has 1 aromatic carbocycles. The van der Waals surface area contributed by atoms with E-state index in [1.165, 1.54) is 17.4 Å². The molecule has 1 N–H and O–H groups in total. The Bertz CT molecular complexity index is 638. The van der Waals surface area contributed by atoms with Gasteiger partial charge < -0.3 is 0 Å².